The highest BCUT2D eigenvalue weighted by Crippen LogP contribution is 2.55. The van der Waals surface area contributed by atoms with Gasteiger partial charge in [0.2, 0.25) is 0 Å². The van der Waals surface area contributed by atoms with Crippen LogP contribution in [0.1, 0.15) is 32.6 Å². The highest BCUT2D eigenvalue weighted by atomic mass is 14.8. The van der Waals surface area contributed by atoms with Gasteiger partial charge in [0.15, 0.2) is 0 Å². The van der Waals surface area contributed by atoms with Crippen molar-refractivity contribution in [2.75, 3.05) is 0 Å². The Labute approximate surface area is 125 Å². The zero-order valence-corrected chi connectivity index (χ0v) is 12.2. The molecule has 0 spiro atoms. The molecule has 0 amide bonds. The van der Waals surface area contributed by atoms with Crippen molar-refractivity contribution < 1.29 is 0 Å². The van der Waals surface area contributed by atoms with Crippen molar-refractivity contribution in [3.05, 3.63) is 81.2 Å². The number of hydrogen-bond donors (Lipinski definition) is 0. The number of hydrogen-bond acceptors (Lipinski definition) is 1. The second-order valence-electron chi connectivity index (χ2n) is 6.28. The normalized spacial score (nSPS) is 25.5. The van der Waals surface area contributed by atoms with Gasteiger partial charge in [0.1, 0.15) is 0 Å². The molecule has 0 atom stereocenters. The van der Waals surface area contributed by atoms with Gasteiger partial charge in [0.25, 0.3) is 0 Å². The lowest BCUT2D eigenvalue weighted by atomic mass is 9.90. The van der Waals surface area contributed by atoms with Crippen molar-refractivity contribution in [3.8, 4) is 0 Å². The Bertz CT molecular complexity index is 829. The molecule has 1 heteroatoms. The molecule has 5 rings (SSSR count). The molecule has 1 nitrogen and oxygen atoms in total. The minimum Gasteiger partial charge on any atom is -0.252 e. The molecule has 1 heterocycles. The molecule has 0 saturated heterocycles. The van der Waals surface area contributed by atoms with E-state index in [1.165, 1.54) is 57.7 Å². The molecule has 0 saturated carbocycles. The molecule has 0 N–H and O–H groups in total. The van der Waals surface area contributed by atoms with E-state index in [1.807, 2.05) is 0 Å². The van der Waals surface area contributed by atoms with E-state index in [4.69, 9.17) is 4.99 Å². The molecule has 0 fully saturated rings. The minimum absolute atomic E-state index is 1.05. The maximum absolute atomic E-state index is 4.95. The van der Waals surface area contributed by atoms with E-state index in [2.05, 4.69) is 43.4 Å². The summed E-state index contributed by atoms with van der Waals surface area (Å²) in [6, 6.07) is 0. The van der Waals surface area contributed by atoms with Crippen LogP contribution >= 0.6 is 0 Å². The van der Waals surface area contributed by atoms with Crippen molar-refractivity contribution in [2.45, 2.75) is 32.6 Å². The lowest BCUT2D eigenvalue weighted by Crippen LogP contribution is -1.96. The van der Waals surface area contributed by atoms with Crippen LogP contribution in [-0.4, -0.2) is 5.71 Å². The molecular weight excluding hydrogens is 254 g/mol. The van der Waals surface area contributed by atoms with Gasteiger partial charge in [-0.2, -0.15) is 0 Å². The summed E-state index contributed by atoms with van der Waals surface area (Å²) in [7, 11) is 0. The first-order chi connectivity index (χ1) is 10.3. The average Bonchev–Trinajstić information content (AvgIpc) is 3.25. The molecule has 0 aromatic carbocycles. The van der Waals surface area contributed by atoms with E-state index in [0.29, 0.717) is 0 Å². The summed E-state index contributed by atoms with van der Waals surface area (Å²) in [5, 5.41) is 0. The van der Waals surface area contributed by atoms with Crippen molar-refractivity contribution in [2.24, 2.45) is 4.99 Å². The predicted octanol–water partition coefficient (Wildman–Crippen LogP) is 4.89. The summed E-state index contributed by atoms with van der Waals surface area (Å²) < 4.78 is 0. The zero-order valence-electron chi connectivity index (χ0n) is 12.2. The Morgan fingerprint density at radius 2 is 1.48 bits per heavy atom. The number of aliphatic imine (C=N–C) groups is 1. The van der Waals surface area contributed by atoms with Gasteiger partial charge in [-0.25, -0.2) is 0 Å². The first-order valence-electron chi connectivity index (χ1n) is 7.84. The van der Waals surface area contributed by atoms with Gasteiger partial charge < -0.3 is 0 Å². The standard InChI is InChI=1S/C20H17N/c1-12-15-10-11-16-17(13-6-2-3-7-13)18(14-8-4-5-9-14)20(21-12)19(15)16/h2-6,8H,7,9-11H2,1H3. The SMILES string of the molecule is CC1=NC2=C(C3=CC=CC3)C(C3=CC=CC3)=C3CCC1=C32. The van der Waals surface area contributed by atoms with Crippen LogP contribution in [0.25, 0.3) is 0 Å². The Kier molecular flexibility index (Phi) is 2.16. The number of allylic oxidation sites excluding steroid dienone is 12. The van der Waals surface area contributed by atoms with E-state index in [9.17, 15) is 0 Å². The lowest BCUT2D eigenvalue weighted by Gasteiger charge is -2.13. The summed E-state index contributed by atoms with van der Waals surface area (Å²) in [6.07, 6.45) is 17.9. The molecule has 0 aromatic rings. The summed E-state index contributed by atoms with van der Waals surface area (Å²) in [4.78, 5) is 4.95. The molecular formula is C20H17N. The van der Waals surface area contributed by atoms with Gasteiger partial charge in [-0.05, 0) is 60.5 Å². The second-order valence-corrected chi connectivity index (χ2v) is 6.28. The van der Waals surface area contributed by atoms with Crippen LogP contribution in [-0.2, 0) is 0 Å². The van der Waals surface area contributed by atoms with Crippen LogP contribution in [0, 0.1) is 0 Å². The van der Waals surface area contributed by atoms with Crippen LogP contribution in [0.3, 0.4) is 0 Å². The van der Waals surface area contributed by atoms with Crippen LogP contribution in [0.2, 0.25) is 0 Å². The van der Waals surface area contributed by atoms with E-state index >= 15 is 0 Å². The summed E-state index contributed by atoms with van der Waals surface area (Å²) in [5.41, 5.74) is 12.9. The highest BCUT2D eigenvalue weighted by Gasteiger charge is 2.40. The largest absolute Gasteiger partial charge is 0.252 e. The number of rotatable bonds is 2. The van der Waals surface area contributed by atoms with Crippen LogP contribution < -0.4 is 0 Å². The molecule has 5 aliphatic rings. The van der Waals surface area contributed by atoms with Gasteiger partial charge in [-0.3, -0.25) is 4.99 Å². The lowest BCUT2D eigenvalue weighted by molar-refractivity contribution is 1.02. The first-order valence-corrected chi connectivity index (χ1v) is 7.84. The molecule has 0 bridgehead atoms. The van der Waals surface area contributed by atoms with E-state index < -0.39 is 0 Å². The maximum Gasteiger partial charge on any atom is 0.0793 e. The minimum atomic E-state index is 1.05. The summed E-state index contributed by atoms with van der Waals surface area (Å²) in [5.74, 6) is 0. The third-order valence-electron chi connectivity index (χ3n) is 5.15. The number of nitrogens with zero attached hydrogens (tertiary/aromatic N) is 1. The fraction of sp³-hybridized carbons (Fsp3) is 0.250. The van der Waals surface area contributed by atoms with Crippen LogP contribution in [0.15, 0.2) is 86.2 Å². The highest BCUT2D eigenvalue weighted by molar-refractivity contribution is 6.07. The molecule has 4 aliphatic carbocycles. The Morgan fingerprint density at radius 3 is 2.14 bits per heavy atom. The van der Waals surface area contributed by atoms with Crippen molar-refractivity contribution in [1.82, 2.24) is 0 Å². The molecule has 0 radical (unpaired) electrons. The maximum atomic E-state index is 4.95. The van der Waals surface area contributed by atoms with E-state index in [-0.39, 0.29) is 0 Å². The molecule has 1 aliphatic heterocycles. The van der Waals surface area contributed by atoms with E-state index in [1.54, 1.807) is 5.57 Å². The van der Waals surface area contributed by atoms with Crippen LogP contribution in [0.5, 0.6) is 0 Å². The smallest absolute Gasteiger partial charge is 0.0793 e. The fourth-order valence-electron chi connectivity index (χ4n) is 4.25. The predicted molar refractivity (Wildman–Crippen MR) is 87.1 cm³/mol. The quantitative estimate of drug-likeness (QED) is 0.678. The third kappa shape index (κ3) is 1.39. The van der Waals surface area contributed by atoms with Gasteiger partial charge in [-0.15, -0.1) is 0 Å². The Morgan fingerprint density at radius 1 is 0.810 bits per heavy atom. The average molecular weight is 271 g/mol. The van der Waals surface area contributed by atoms with Gasteiger partial charge in [-0.1, -0.05) is 36.5 Å². The molecule has 0 unspecified atom stereocenters. The van der Waals surface area contributed by atoms with E-state index in [0.717, 1.165) is 12.8 Å². The molecule has 0 aromatic heterocycles. The Hall–Kier alpha value is -2.15. The zero-order chi connectivity index (χ0) is 14.0. The second kappa shape index (κ2) is 3.94. The van der Waals surface area contributed by atoms with Gasteiger partial charge in [0, 0.05) is 16.9 Å². The third-order valence-corrected chi connectivity index (χ3v) is 5.15. The topological polar surface area (TPSA) is 12.4 Å². The fourth-order valence-corrected chi connectivity index (χ4v) is 4.25. The van der Waals surface area contributed by atoms with Crippen molar-refractivity contribution in [1.29, 1.82) is 0 Å². The Balaban J connectivity index is 1.78. The van der Waals surface area contributed by atoms with Crippen LogP contribution in [0.4, 0.5) is 0 Å². The first kappa shape index (κ1) is 11.5. The van der Waals surface area contributed by atoms with Gasteiger partial charge in [0.05, 0.1) is 5.70 Å². The molecule has 102 valence electrons. The monoisotopic (exact) mass is 271 g/mol. The summed E-state index contributed by atoms with van der Waals surface area (Å²) >= 11 is 0. The molecule has 21 heavy (non-hydrogen) atoms. The van der Waals surface area contributed by atoms with Crippen molar-refractivity contribution >= 4 is 5.71 Å². The van der Waals surface area contributed by atoms with Gasteiger partial charge >= 0.3 is 0 Å². The summed E-state index contributed by atoms with van der Waals surface area (Å²) in [6.45, 7) is 2.17. The van der Waals surface area contributed by atoms with Crippen molar-refractivity contribution in [3.63, 3.8) is 0 Å².